The monoisotopic (exact) mass is 289 g/mol. The number of benzene rings is 1. The third kappa shape index (κ3) is 3.77. The van der Waals surface area contributed by atoms with Crippen LogP contribution in [0.3, 0.4) is 0 Å². The van der Waals surface area contributed by atoms with Gasteiger partial charge in [-0.15, -0.1) is 0 Å². The molecule has 0 saturated carbocycles. The molecule has 0 aromatic heterocycles. The lowest BCUT2D eigenvalue weighted by molar-refractivity contribution is 0.0786. The van der Waals surface area contributed by atoms with Crippen molar-refractivity contribution in [2.45, 2.75) is 0 Å². The highest BCUT2D eigenvalue weighted by Gasteiger charge is 2.15. The summed E-state index contributed by atoms with van der Waals surface area (Å²) >= 11 is 11.8. The van der Waals surface area contributed by atoms with E-state index in [1.807, 2.05) is 19.0 Å². The lowest BCUT2D eigenvalue weighted by Gasteiger charge is -2.20. The number of rotatable bonds is 4. The van der Waals surface area contributed by atoms with E-state index in [9.17, 15) is 4.79 Å². The average Bonchev–Trinajstić information content (AvgIpc) is 2.31. The molecule has 0 fully saturated rings. The van der Waals surface area contributed by atoms with Crippen molar-refractivity contribution >= 4 is 34.8 Å². The molecule has 1 rings (SSSR count). The maximum absolute atomic E-state index is 12.1. The highest BCUT2D eigenvalue weighted by molar-refractivity contribution is 6.39. The summed E-state index contributed by atoms with van der Waals surface area (Å²) in [6, 6.07) is 3.08. The standard InChI is InChI=1S/C12H17Cl2N3O/c1-16(2)4-5-17(3)12(18)8-6-9(13)11(15)10(14)7-8/h6-7H,4-5,15H2,1-3H3. The van der Waals surface area contributed by atoms with Gasteiger partial charge in [-0.3, -0.25) is 4.79 Å². The molecular formula is C12H17Cl2N3O. The number of nitrogen functional groups attached to an aromatic ring is 1. The Morgan fingerprint density at radius 1 is 1.17 bits per heavy atom. The fourth-order valence-corrected chi connectivity index (χ4v) is 1.87. The summed E-state index contributed by atoms with van der Waals surface area (Å²) in [5.74, 6) is -0.124. The van der Waals surface area contributed by atoms with Gasteiger partial charge in [-0.05, 0) is 26.2 Å². The van der Waals surface area contributed by atoms with Crippen LogP contribution in [0.25, 0.3) is 0 Å². The summed E-state index contributed by atoms with van der Waals surface area (Å²) < 4.78 is 0. The van der Waals surface area contributed by atoms with Crippen molar-refractivity contribution in [3.8, 4) is 0 Å². The maximum atomic E-state index is 12.1. The van der Waals surface area contributed by atoms with Crippen LogP contribution in [-0.2, 0) is 0 Å². The number of hydrogen-bond donors (Lipinski definition) is 1. The van der Waals surface area contributed by atoms with Crippen LogP contribution in [0.1, 0.15) is 10.4 Å². The molecule has 1 aromatic rings. The van der Waals surface area contributed by atoms with Crippen molar-refractivity contribution in [2.24, 2.45) is 0 Å². The molecule has 1 amide bonds. The van der Waals surface area contributed by atoms with Crippen molar-refractivity contribution in [1.29, 1.82) is 0 Å². The Morgan fingerprint density at radius 3 is 2.11 bits per heavy atom. The fraction of sp³-hybridized carbons (Fsp3) is 0.417. The SMILES string of the molecule is CN(C)CCN(C)C(=O)c1cc(Cl)c(N)c(Cl)c1. The van der Waals surface area contributed by atoms with Crippen LogP contribution in [0.5, 0.6) is 0 Å². The number of amides is 1. The van der Waals surface area contributed by atoms with Crippen molar-refractivity contribution in [3.05, 3.63) is 27.7 Å². The molecule has 18 heavy (non-hydrogen) atoms. The summed E-state index contributed by atoms with van der Waals surface area (Å²) in [4.78, 5) is 15.8. The van der Waals surface area contributed by atoms with E-state index in [4.69, 9.17) is 28.9 Å². The van der Waals surface area contributed by atoms with Crippen molar-refractivity contribution in [1.82, 2.24) is 9.80 Å². The molecule has 0 spiro atoms. The predicted octanol–water partition coefficient (Wildman–Crippen LogP) is 2.21. The Labute approximate surface area is 117 Å². The van der Waals surface area contributed by atoms with Gasteiger partial charge in [0, 0.05) is 25.7 Å². The number of halogens is 2. The minimum atomic E-state index is -0.124. The Balaban J connectivity index is 2.84. The molecule has 4 nitrogen and oxygen atoms in total. The van der Waals surface area contributed by atoms with Gasteiger partial charge in [0.25, 0.3) is 5.91 Å². The molecule has 0 atom stereocenters. The van der Waals surface area contributed by atoms with Crippen molar-refractivity contribution in [2.75, 3.05) is 40.0 Å². The lowest BCUT2D eigenvalue weighted by atomic mass is 10.2. The van der Waals surface area contributed by atoms with Crippen LogP contribution in [0, 0.1) is 0 Å². The lowest BCUT2D eigenvalue weighted by Crippen LogP contribution is -2.33. The van der Waals surface area contributed by atoms with Gasteiger partial charge in [0.1, 0.15) is 0 Å². The zero-order valence-corrected chi connectivity index (χ0v) is 12.2. The molecule has 1 aromatic carbocycles. The highest BCUT2D eigenvalue weighted by Crippen LogP contribution is 2.29. The first-order valence-corrected chi connectivity index (χ1v) is 6.23. The van der Waals surface area contributed by atoms with E-state index in [1.54, 1.807) is 11.9 Å². The van der Waals surface area contributed by atoms with Crippen molar-refractivity contribution < 1.29 is 4.79 Å². The van der Waals surface area contributed by atoms with Gasteiger partial charge in [0.2, 0.25) is 0 Å². The largest absolute Gasteiger partial charge is 0.396 e. The Bertz CT molecular complexity index is 426. The molecule has 0 saturated heterocycles. The number of hydrogen-bond acceptors (Lipinski definition) is 3. The van der Waals surface area contributed by atoms with E-state index in [0.29, 0.717) is 27.8 Å². The average molecular weight is 290 g/mol. The number of carbonyl (C=O) groups is 1. The van der Waals surface area contributed by atoms with E-state index in [-0.39, 0.29) is 5.91 Å². The van der Waals surface area contributed by atoms with Crippen LogP contribution < -0.4 is 5.73 Å². The van der Waals surface area contributed by atoms with Gasteiger partial charge in [0.15, 0.2) is 0 Å². The minimum absolute atomic E-state index is 0.124. The third-order valence-electron chi connectivity index (χ3n) is 2.56. The van der Waals surface area contributed by atoms with Gasteiger partial charge in [-0.25, -0.2) is 0 Å². The molecule has 2 N–H and O–H groups in total. The topological polar surface area (TPSA) is 49.6 Å². The minimum Gasteiger partial charge on any atom is -0.396 e. The first kappa shape index (κ1) is 15.1. The van der Waals surface area contributed by atoms with Crippen LogP contribution in [0.4, 0.5) is 5.69 Å². The molecular weight excluding hydrogens is 273 g/mol. The van der Waals surface area contributed by atoms with E-state index in [1.165, 1.54) is 12.1 Å². The first-order chi connectivity index (χ1) is 8.32. The number of anilines is 1. The summed E-state index contributed by atoms with van der Waals surface area (Å²) in [7, 11) is 5.65. The molecule has 100 valence electrons. The van der Waals surface area contributed by atoms with Gasteiger partial charge < -0.3 is 15.5 Å². The highest BCUT2D eigenvalue weighted by atomic mass is 35.5. The summed E-state index contributed by atoms with van der Waals surface area (Å²) in [5, 5.41) is 0.596. The van der Waals surface area contributed by atoms with Gasteiger partial charge >= 0.3 is 0 Å². The van der Waals surface area contributed by atoms with Gasteiger partial charge in [-0.2, -0.15) is 0 Å². The third-order valence-corrected chi connectivity index (χ3v) is 3.18. The Kier molecular flexibility index (Phi) is 5.26. The van der Waals surface area contributed by atoms with Gasteiger partial charge in [-0.1, -0.05) is 23.2 Å². The van der Waals surface area contributed by atoms with Crippen LogP contribution in [-0.4, -0.2) is 49.9 Å². The molecule has 0 heterocycles. The van der Waals surface area contributed by atoms with E-state index in [0.717, 1.165) is 6.54 Å². The smallest absolute Gasteiger partial charge is 0.253 e. The normalized spacial score (nSPS) is 10.8. The molecule has 6 heteroatoms. The second-order valence-electron chi connectivity index (χ2n) is 4.38. The molecule has 0 radical (unpaired) electrons. The van der Waals surface area contributed by atoms with Crippen LogP contribution >= 0.6 is 23.2 Å². The number of nitrogens with two attached hydrogens (primary N) is 1. The Hall–Kier alpha value is -0.970. The van der Waals surface area contributed by atoms with Gasteiger partial charge in [0.05, 0.1) is 15.7 Å². The first-order valence-electron chi connectivity index (χ1n) is 5.47. The zero-order chi connectivity index (χ0) is 13.9. The summed E-state index contributed by atoms with van der Waals surface area (Å²) in [6.07, 6.45) is 0. The molecule has 0 aliphatic heterocycles. The molecule has 0 aliphatic rings. The zero-order valence-electron chi connectivity index (χ0n) is 10.7. The second-order valence-corrected chi connectivity index (χ2v) is 5.20. The molecule has 0 unspecified atom stereocenters. The number of likely N-dealkylation sites (N-methyl/N-ethyl adjacent to an activating group) is 2. The predicted molar refractivity (Wildman–Crippen MR) is 76.4 cm³/mol. The van der Waals surface area contributed by atoms with Crippen molar-refractivity contribution in [3.63, 3.8) is 0 Å². The van der Waals surface area contributed by atoms with E-state index < -0.39 is 0 Å². The number of nitrogens with zero attached hydrogens (tertiary/aromatic N) is 2. The Morgan fingerprint density at radius 2 is 1.67 bits per heavy atom. The fourth-order valence-electron chi connectivity index (χ4n) is 1.38. The molecule has 0 aliphatic carbocycles. The second kappa shape index (κ2) is 6.27. The molecule has 0 bridgehead atoms. The van der Waals surface area contributed by atoms with E-state index in [2.05, 4.69) is 0 Å². The van der Waals surface area contributed by atoms with Crippen LogP contribution in [0.2, 0.25) is 10.0 Å². The van der Waals surface area contributed by atoms with Crippen LogP contribution in [0.15, 0.2) is 12.1 Å². The summed E-state index contributed by atoms with van der Waals surface area (Å²) in [5.41, 5.74) is 6.37. The number of carbonyl (C=O) groups excluding carboxylic acids is 1. The van der Waals surface area contributed by atoms with E-state index >= 15 is 0 Å². The quantitative estimate of drug-likeness (QED) is 0.865. The maximum Gasteiger partial charge on any atom is 0.253 e. The summed E-state index contributed by atoms with van der Waals surface area (Å²) in [6.45, 7) is 1.42.